The molecule has 1 aromatic heterocycles. The van der Waals surface area contributed by atoms with Crippen molar-refractivity contribution in [3.8, 4) is 5.69 Å². The summed E-state index contributed by atoms with van der Waals surface area (Å²) in [6, 6.07) is 9.00. The minimum atomic E-state index is -0.975. The van der Waals surface area contributed by atoms with Crippen LogP contribution in [0.15, 0.2) is 36.4 Å². The third kappa shape index (κ3) is 1.82. The molecule has 0 fully saturated rings. The minimum Gasteiger partial charge on any atom is -0.369 e. The number of rotatable bonds is 1. The largest absolute Gasteiger partial charge is 0.369 e. The number of aromatic nitrogens is 2. The fraction of sp³-hybridized carbons (Fsp3) is 0. The molecule has 3 nitrogen and oxygen atoms in total. The summed E-state index contributed by atoms with van der Waals surface area (Å²) in [6.45, 7) is 0. The summed E-state index contributed by atoms with van der Waals surface area (Å²) in [6.07, 6.45) is 0. The van der Waals surface area contributed by atoms with E-state index in [1.807, 2.05) is 0 Å². The van der Waals surface area contributed by atoms with Crippen LogP contribution >= 0.6 is 11.6 Å². The summed E-state index contributed by atoms with van der Waals surface area (Å²) < 4.78 is 28.6. The van der Waals surface area contributed by atoms with Crippen LogP contribution in [0.1, 0.15) is 0 Å². The lowest BCUT2D eigenvalue weighted by atomic mass is 10.2. The van der Waals surface area contributed by atoms with Crippen molar-refractivity contribution in [2.24, 2.45) is 0 Å². The zero-order valence-electron chi connectivity index (χ0n) is 9.57. The van der Waals surface area contributed by atoms with Gasteiger partial charge in [-0.3, -0.25) is 4.57 Å². The number of anilines is 1. The Labute approximate surface area is 112 Å². The molecule has 0 aliphatic rings. The smallest absolute Gasteiger partial charge is 0.206 e. The van der Waals surface area contributed by atoms with E-state index in [0.29, 0.717) is 16.2 Å². The van der Waals surface area contributed by atoms with E-state index in [9.17, 15) is 8.78 Å². The lowest BCUT2D eigenvalue weighted by Crippen LogP contribution is -2.02. The SMILES string of the molecule is Nc1nc2ccc(F)c(F)c2n1-c1ccc(Cl)cc1. The van der Waals surface area contributed by atoms with Crippen molar-refractivity contribution in [1.82, 2.24) is 9.55 Å². The van der Waals surface area contributed by atoms with Crippen LogP contribution in [0, 0.1) is 11.6 Å². The Balaban J connectivity index is 2.37. The molecule has 0 atom stereocenters. The highest BCUT2D eigenvalue weighted by atomic mass is 35.5. The quantitative estimate of drug-likeness (QED) is 0.740. The lowest BCUT2D eigenvalue weighted by molar-refractivity contribution is 0.514. The van der Waals surface area contributed by atoms with E-state index >= 15 is 0 Å². The van der Waals surface area contributed by atoms with Crippen LogP contribution in [0.4, 0.5) is 14.7 Å². The molecule has 0 amide bonds. The first-order valence-electron chi connectivity index (χ1n) is 5.46. The van der Waals surface area contributed by atoms with Crippen LogP contribution in [0.5, 0.6) is 0 Å². The zero-order chi connectivity index (χ0) is 13.6. The second-order valence-electron chi connectivity index (χ2n) is 4.01. The molecule has 0 aliphatic carbocycles. The van der Waals surface area contributed by atoms with E-state index in [4.69, 9.17) is 17.3 Å². The topological polar surface area (TPSA) is 43.8 Å². The van der Waals surface area contributed by atoms with Gasteiger partial charge in [-0.15, -0.1) is 0 Å². The van der Waals surface area contributed by atoms with Crippen LogP contribution in [-0.4, -0.2) is 9.55 Å². The Morgan fingerprint density at radius 2 is 1.74 bits per heavy atom. The monoisotopic (exact) mass is 279 g/mol. The molecule has 1 heterocycles. The third-order valence-electron chi connectivity index (χ3n) is 2.82. The lowest BCUT2D eigenvalue weighted by Gasteiger charge is -2.07. The summed E-state index contributed by atoms with van der Waals surface area (Å²) in [5.41, 5.74) is 6.65. The highest BCUT2D eigenvalue weighted by molar-refractivity contribution is 6.30. The normalized spacial score (nSPS) is 11.1. The molecule has 3 aromatic rings. The van der Waals surface area contributed by atoms with Crippen molar-refractivity contribution in [3.05, 3.63) is 53.1 Å². The summed E-state index contributed by atoms with van der Waals surface area (Å²) in [4.78, 5) is 4.01. The van der Waals surface area contributed by atoms with Gasteiger partial charge >= 0.3 is 0 Å². The van der Waals surface area contributed by atoms with Crippen LogP contribution < -0.4 is 5.73 Å². The zero-order valence-corrected chi connectivity index (χ0v) is 10.3. The van der Waals surface area contributed by atoms with Crippen molar-refractivity contribution >= 4 is 28.6 Å². The molecule has 0 spiro atoms. The first-order chi connectivity index (χ1) is 9.08. The molecule has 2 N–H and O–H groups in total. The number of nitrogen functional groups attached to an aromatic ring is 1. The van der Waals surface area contributed by atoms with Gasteiger partial charge in [0.1, 0.15) is 5.52 Å². The van der Waals surface area contributed by atoms with Crippen LogP contribution in [0.2, 0.25) is 5.02 Å². The van der Waals surface area contributed by atoms with Gasteiger partial charge in [0, 0.05) is 10.7 Å². The van der Waals surface area contributed by atoms with Crippen LogP contribution in [-0.2, 0) is 0 Å². The van der Waals surface area contributed by atoms with E-state index < -0.39 is 11.6 Å². The molecule has 2 aromatic carbocycles. The fourth-order valence-corrected chi connectivity index (χ4v) is 2.10. The summed E-state index contributed by atoms with van der Waals surface area (Å²) >= 11 is 5.80. The average Bonchev–Trinajstić information content (AvgIpc) is 2.72. The molecule has 0 aliphatic heterocycles. The molecule has 0 saturated carbocycles. The van der Waals surface area contributed by atoms with Gasteiger partial charge < -0.3 is 5.73 Å². The van der Waals surface area contributed by atoms with E-state index in [2.05, 4.69) is 4.98 Å². The number of fused-ring (bicyclic) bond motifs is 1. The maximum atomic E-state index is 13.9. The number of imidazole rings is 1. The Kier molecular flexibility index (Phi) is 2.64. The number of hydrogen-bond acceptors (Lipinski definition) is 2. The maximum absolute atomic E-state index is 13.9. The molecule has 96 valence electrons. The third-order valence-corrected chi connectivity index (χ3v) is 3.07. The minimum absolute atomic E-state index is 0.0137. The molecule has 6 heteroatoms. The van der Waals surface area contributed by atoms with Crippen molar-refractivity contribution in [2.75, 3.05) is 5.73 Å². The van der Waals surface area contributed by atoms with E-state index in [1.165, 1.54) is 10.6 Å². The number of benzene rings is 2. The Morgan fingerprint density at radius 1 is 1.05 bits per heavy atom. The number of hydrogen-bond donors (Lipinski definition) is 1. The summed E-state index contributed by atoms with van der Waals surface area (Å²) in [5.74, 6) is -1.83. The predicted octanol–water partition coefficient (Wildman–Crippen LogP) is 3.54. The van der Waals surface area contributed by atoms with Gasteiger partial charge in [0.2, 0.25) is 5.95 Å². The first kappa shape index (κ1) is 11.9. The van der Waals surface area contributed by atoms with E-state index in [-0.39, 0.29) is 11.5 Å². The predicted molar refractivity (Wildman–Crippen MR) is 70.4 cm³/mol. The van der Waals surface area contributed by atoms with E-state index in [1.54, 1.807) is 24.3 Å². The standard InChI is InChI=1S/C13H8ClF2N3/c14-7-1-3-8(4-2-7)19-12-10(18-13(19)17)6-5-9(15)11(12)16/h1-6H,(H2,17,18). The van der Waals surface area contributed by atoms with Gasteiger partial charge in [-0.25, -0.2) is 13.8 Å². The Morgan fingerprint density at radius 3 is 2.42 bits per heavy atom. The number of halogens is 3. The maximum Gasteiger partial charge on any atom is 0.206 e. The van der Waals surface area contributed by atoms with Crippen molar-refractivity contribution in [1.29, 1.82) is 0 Å². The van der Waals surface area contributed by atoms with Crippen molar-refractivity contribution in [3.63, 3.8) is 0 Å². The van der Waals surface area contributed by atoms with Gasteiger partial charge in [0.15, 0.2) is 11.6 Å². The summed E-state index contributed by atoms with van der Waals surface area (Å²) in [5, 5.41) is 0.540. The van der Waals surface area contributed by atoms with Gasteiger partial charge in [-0.05, 0) is 36.4 Å². The average molecular weight is 280 g/mol. The molecule has 0 radical (unpaired) electrons. The van der Waals surface area contributed by atoms with Gasteiger partial charge in [-0.2, -0.15) is 0 Å². The first-order valence-corrected chi connectivity index (χ1v) is 5.83. The molecule has 3 rings (SSSR count). The fourth-order valence-electron chi connectivity index (χ4n) is 1.97. The molecule has 0 bridgehead atoms. The van der Waals surface area contributed by atoms with Crippen LogP contribution in [0.25, 0.3) is 16.7 Å². The van der Waals surface area contributed by atoms with E-state index in [0.717, 1.165) is 6.07 Å². The molecular formula is C13H8ClF2N3. The number of nitrogens with two attached hydrogens (primary N) is 1. The Hall–Kier alpha value is -2.14. The molecule has 0 saturated heterocycles. The number of nitrogens with zero attached hydrogens (tertiary/aromatic N) is 2. The second-order valence-corrected chi connectivity index (χ2v) is 4.45. The van der Waals surface area contributed by atoms with Gasteiger partial charge in [0.25, 0.3) is 0 Å². The highest BCUT2D eigenvalue weighted by Crippen LogP contribution is 2.27. The highest BCUT2D eigenvalue weighted by Gasteiger charge is 2.17. The summed E-state index contributed by atoms with van der Waals surface area (Å²) in [7, 11) is 0. The van der Waals surface area contributed by atoms with Gasteiger partial charge in [0.05, 0.1) is 5.52 Å². The molecular weight excluding hydrogens is 272 g/mol. The molecule has 19 heavy (non-hydrogen) atoms. The molecule has 0 unspecified atom stereocenters. The second kappa shape index (κ2) is 4.20. The van der Waals surface area contributed by atoms with Crippen LogP contribution in [0.3, 0.4) is 0 Å². The van der Waals surface area contributed by atoms with Crippen molar-refractivity contribution < 1.29 is 8.78 Å². The Bertz CT molecular complexity index is 766. The van der Waals surface area contributed by atoms with Gasteiger partial charge in [-0.1, -0.05) is 11.6 Å². The van der Waals surface area contributed by atoms with Crippen molar-refractivity contribution in [2.45, 2.75) is 0 Å².